The lowest BCUT2D eigenvalue weighted by Crippen LogP contribution is -2.44. The monoisotopic (exact) mass is 419 g/mol. The minimum absolute atomic E-state index is 0.824. The highest BCUT2D eigenvalue weighted by molar-refractivity contribution is 5.95. The average molecular weight is 420 g/mol. The number of fused-ring (bicyclic) bond motifs is 1. The number of rotatable bonds is 4. The largest absolute Gasteiger partial charge is 0.379 e. The molecular formula is C25H33N5O. The Labute approximate surface area is 184 Å². The number of pyridine rings is 1. The Bertz CT molecular complexity index is 1040. The molecule has 4 heterocycles. The fourth-order valence-electron chi connectivity index (χ4n) is 4.69. The lowest BCUT2D eigenvalue weighted by molar-refractivity contribution is 0.0337. The minimum atomic E-state index is 0.824. The number of aromatic amines is 1. The molecule has 1 aromatic carbocycles. The van der Waals surface area contributed by atoms with Gasteiger partial charge in [0.15, 0.2) is 0 Å². The summed E-state index contributed by atoms with van der Waals surface area (Å²) in [6, 6.07) is 11.3. The molecule has 0 atom stereocenters. The van der Waals surface area contributed by atoms with Crippen molar-refractivity contribution in [2.45, 2.75) is 20.4 Å². The summed E-state index contributed by atoms with van der Waals surface area (Å²) in [5, 5.41) is 1.22. The third-order valence-electron chi connectivity index (χ3n) is 6.83. The second kappa shape index (κ2) is 8.61. The van der Waals surface area contributed by atoms with Crippen LogP contribution in [0.2, 0.25) is 0 Å². The summed E-state index contributed by atoms with van der Waals surface area (Å²) in [5.74, 6) is 0. The number of piperazine rings is 1. The van der Waals surface area contributed by atoms with Crippen molar-refractivity contribution in [3.8, 4) is 11.3 Å². The molecule has 0 radical (unpaired) electrons. The summed E-state index contributed by atoms with van der Waals surface area (Å²) in [7, 11) is 2.20. The van der Waals surface area contributed by atoms with E-state index in [1.54, 1.807) is 0 Å². The number of nitrogens with one attached hydrogen (secondary N) is 1. The third kappa shape index (κ3) is 4.20. The molecule has 0 spiro atoms. The molecule has 2 fully saturated rings. The van der Waals surface area contributed by atoms with Crippen LogP contribution in [0.25, 0.3) is 22.2 Å². The number of anilines is 1. The SMILES string of the molecule is Cc1nc(-c2ccc(N3CCN(C)CC3)cc2)c2cc(CN3CCOCC3)[nH]c2c1C. The zero-order valence-electron chi connectivity index (χ0n) is 18.9. The first-order chi connectivity index (χ1) is 15.1. The van der Waals surface area contributed by atoms with E-state index in [1.165, 1.54) is 33.4 Å². The van der Waals surface area contributed by atoms with E-state index in [4.69, 9.17) is 9.72 Å². The molecule has 2 aliphatic heterocycles. The van der Waals surface area contributed by atoms with E-state index >= 15 is 0 Å². The predicted octanol–water partition coefficient (Wildman–Crippen LogP) is 3.43. The van der Waals surface area contributed by atoms with Crippen LogP contribution in [0.3, 0.4) is 0 Å². The molecule has 2 aromatic heterocycles. The summed E-state index contributed by atoms with van der Waals surface area (Å²) in [6.07, 6.45) is 0. The van der Waals surface area contributed by atoms with Crippen molar-refractivity contribution in [2.24, 2.45) is 0 Å². The number of aryl methyl sites for hydroxylation is 2. The topological polar surface area (TPSA) is 47.6 Å². The van der Waals surface area contributed by atoms with Crippen LogP contribution in [-0.4, -0.2) is 79.3 Å². The van der Waals surface area contributed by atoms with Crippen LogP contribution in [0.15, 0.2) is 30.3 Å². The fraction of sp³-hybridized carbons (Fsp3) is 0.480. The molecule has 0 amide bonds. The molecule has 5 rings (SSSR count). The minimum Gasteiger partial charge on any atom is -0.379 e. The molecule has 0 bridgehead atoms. The first kappa shape index (κ1) is 20.5. The number of hydrogen-bond donors (Lipinski definition) is 1. The van der Waals surface area contributed by atoms with Gasteiger partial charge in [0, 0.05) is 73.8 Å². The number of likely N-dealkylation sites (N-methyl/N-ethyl adjacent to an activating group) is 1. The lowest BCUT2D eigenvalue weighted by atomic mass is 10.0. The number of benzene rings is 1. The maximum atomic E-state index is 5.50. The Balaban J connectivity index is 1.45. The third-order valence-corrected chi connectivity index (χ3v) is 6.83. The van der Waals surface area contributed by atoms with Crippen LogP contribution in [0.1, 0.15) is 17.0 Å². The number of hydrogen-bond acceptors (Lipinski definition) is 5. The van der Waals surface area contributed by atoms with Crippen molar-refractivity contribution in [3.63, 3.8) is 0 Å². The van der Waals surface area contributed by atoms with Gasteiger partial charge in [-0.25, -0.2) is 0 Å². The van der Waals surface area contributed by atoms with E-state index < -0.39 is 0 Å². The Morgan fingerprint density at radius 3 is 2.39 bits per heavy atom. The number of morpholine rings is 1. The van der Waals surface area contributed by atoms with Gasteiger partial charge >= 0.3 is 0 Å². The first-order valence-electron chi connectivity index (χ1n) is 11.4. The molecule has 0 aliphatic carbocycles. The molecule has 164 valence electrons. The van der Waals surface area contributed by atoms with Gasteiger partial charge in [0.1, 0.15) is 0 Å². The van der Waals surface area contributed by atoms with E-state index in [2.05, 4.69) is 70.9 Å². The molecule has 31 heavy (non-hydrogen) atoms. The maximum absolute atomic E-state index is 5.50. The zero-order chi connectivity index (χ0) is 21.4. The van der Waals surface area contributed by atoms with Gasteiger partial charge in [0.2, 0.25) is 0 Å². The molecule has 6 nitrogen and oxygen atoms in total. The van der Waals surface area contributed by atoms with Crippen LogP contribution in [-0.2, 0) is 11.3 Å². The van der Waals surface area contributed by atoms with Gasteiger partial charge in [-0.15, -0.1) is 0 Å². The van der Waals surface area contributed by atoms with E-state index in [0.717, 1.165) is 70.4 Å². The highest BCUT2D eigenvalue weighted by Gasteiger charge is 2.18. The van der Waals surface area contributed by atoms with Gasteiger partial charge < -0.3 is 19.5 Å². The standard InChI is InChI=1S/C25H33N5O/c1-18-19(2)26-25(20-4-6-22(7-5-20)30-10-8-28(3)9-11-30)23-16-21(27-24(18)23)17-29-12-14-31-15-13-29/h4-7,16,27H,8-15,17H2,1-3H3. The van der Waals surface area contributed by atoms with Gasteiger partial charge in [-0.1, -0.05) is 12.1 Å². The first-order valence-corrected chi connectivity index (χ1v) is 11.4. The summed E-state index contributed by atoms with van der Waals surface area (Å²) in [6.45, 7) is 13.3. The van der Waals surface area contributed by atoms with Crippen molar-refractivity contribution < 1.29 is 4.74 Å². The molecule has 0 saturated carbocycles. The van der Waals surface area contributed by atoms with Gasteiger partial charge in [0.25, 0.3) is 0 Å². The molecular weight excluding hydrogens is 386 g/mol. The number of nitrogens with zero attached hydrogens (tertiary/aromatic N) is 4. The Hall–Kier alpha value is -2.41. The summed E-state index contributed by atoms with van der Waals surface area (Å²) >= 11 is 0. The number of aromatic nitrogens is 2. The van der Waals surface area contributed by atoms with Crippen LogP contribution >= 0.6 is 0 Å². The summed E-state index contributed by atoms with van der Waals surface area (Å²) in [5.41, 5.74) is 8.36. The molecule has 2 saturated heterocycles. The average Bonchev–Trinajstić information content (AvgIpc) is 3.22. The lowest BCUT2D eigenvalue weighted by Gasteiger charge is -2.34. The summed E-state index contributed by atoms with van der Waals surface area (Å²) in [4.78, 5) is 16.0. The smallest absolute Gasteiger partial charge is 0.0799 e. The fourth-order valence-corrected chi connectivity index (χ4v) is 4.69. The van der Waals surface area contributed by atoms with Gasteiger partial charge in [-0.3, -0.25) is 9.88 Å². The Kier molecular flexibility index (Phi) is 5.69. The van der Waals surface area contributed by atoms with Crippen LogP contribution in [0.5, 0.6) is 0 Å². The van der Waals surface area contributed by atoms with Crippen molar-refractivity contribution in [1.82, 2.24) is 19.8 Å². The Morgan fingerprint density at radius 2 is 1.68 bits per heavy atom. The van der Waals surface area contributed by atoms with Crippen molar-refractivity contribution >= 4 is 16.6 Å². The highest BCUT2D eigenvalue weighted by atomic mass is 16.5. The van der Waals surface area contributed by atoms with E-state index in [-0.39, 0.29) is 0 Å². The van der Waals surface area contributed by atoms with E-state index in [1.807, 2.05) is 0 Å². The molecule has 1 N–H and O–H groups in total. The van der Waals surface area contributed by atoms with Gasteiger partial charge in [-0.2, -0.15) is 0 Å². The quantitative estimate of drug-likeness (QED) is 0.702. The van der Waals surface area contributed by atoms with E-state index in [0.29, 0.717) is 0 Å². The molecule has 3 aromatic rings. The number of H-pyrrole nitrogens is 1. The molecule has 2 aliphatic rings. The zero-order valence-corrected chi connectivity index (χ0v) is 18.9. The van der Waals surface area contributed by atoms with Crippen molar-refractivity contribution in [2.75, 3.05) is 64.4 Å². The second-order valence-corrected chi connectivity index (χ2v) is 8.98. The van der Waals surface area contributed by atoms with Gasteiger partial charge in [0.05, 0.1) is 24.4 Å². The summed E-state index contributed by atoms with van der Waals surface area (Å²) < 4.78 is 5.50. The van der Waals surface area contributed by atoms with Crippen molar-refractivity contribution in [1.29, 1.82) is 0 Å². The highest BCUT2D eigenvalue weighted by Crippen LogP contribution is 2.32. The molecule has 0 unspecified atom stereocenters. The van der Waals surface area contributed by atoms with Crippen molar-refractivity contribution in [3.05, 3.63) is 47.3 Å². The molecule has 6 heteroatoms. The van der Waals surface area contributed by atoms with E-state index in [9.17, 15) is 0 Å². The van der Waals surface area contributed by atoms with Crippen LogP contribution in [0.4, 0.5) is 5.69 Å². The van der Waals surface area contributed by atoms with Gasteiger partial charge in [-0.05, 0) is 44.7 Å². The van der Waals surface area contributed by atoms with Crippen LogP contribution < -0.4 is 4.90 Å². The normalized spacial score (nSPS) is 18.7. The predicted molar refractivity (Wildman–Crippen MR) is 127 cm³/mol. The number of ether oxygens (including phenoxy) is 1. The maximum Gasteiger partial charge on any atom is 0.0799 e. The Morgan fingerprint density at radius 1 is 0.968 bits per heavy atom. The van der Waals surface area contributed by atoms with Crippen LogP contribution in [0, 0.1) is 13.8 Å². The second-order valence-electron chi connectivity index (χ2n) is 8.98.